The van der Waals surface area contributed by atoms with Crippen molar-refractivity contribution in [3.63, 3.8) is 0 Å². The Morgan fingerprint density at radius 1 is 1.11 bits per heavy atom. The Balaban J connectivity index is 1.37. The van der Waals surface area contributed by atoms with E-state index in [9.17, 15) is 14.9 Å². The number of nitriles is 1. The van der Waals surface area contributed by atoms with Gasteiger partial charge >= 0.3 is 11.7 Å². The predicted molar refractivity (Wildman–Crippen MR) is 164 cm³/mol. The lowest BCUT2D eigenvalue weighted by atomic mass is 9.99. The van der Waals surface area contributed by atoms with Gasteiger partial charge in [0, 0.05) is 45.1 Å². The van der Waals surface area contributed by atoms with Crippen LogP contribution >= 0.6 is 0 Å². The van der Waals surface area contributed by atoms with Gasteiger partial charge in [0.15, 0.2) is 11.5 Å². The summed E-state index contributed by atoms with van der Waals surface area (Å²) in [5, 5.41) is 17.8. The Morgan fingerprint density at radius 2 is 1.86 bits per heavy atom. The van der Waals surface area contributed by atoms with Gasteiger partial charge in [-0.2, -0.15) is 20.5 Å². The second-order valence-corrected chi connectivity index (χ2v) is 11.3. The van der Waals surface area contributed by atoms with E-state index in [1.54, 1.807) is 26.3 Å². The summed E-state index contributed by atoms with van der Waals surface area (Å²) < 4.78 is 12.6. The standard InChI is InChI=1S/C32H36N8O4/c1-6-7-15-32(36-37-32)16-8-17-44-30(41)28(23-9-12-25(43-5)13-10-23)39-19-22(3)40(20-21(39)2)29-27-26(38(4)31(42)35-29)14-11-24(18-33)34-27/h1,9-14,21-22,28H,7-8,15-17,19-20H2,2-5H3/t21-,22+,28?/m1/s1. The first kappa shape index (κ1) is 30.6. The minimum atomic E-state index is -0.664. The maximum absolute atomic E-state index is 13.8. The Hall–Kier alpha value is -4.81. The number of terminal acetylenes is 1. The summed E-state index contributed by atoms with van der Waals surface area (Å²) in [5.41, 5.74) is 1.28. The maximum Gasteiger partial charge on any atom is 0.349 e. The van der Waals surface area contributed by atoms with Gasteiger partial charge in [0.05, 0.1) is 19.2 Å². The number of rotatable bonds is 11. The van der Waals surface area contributed by atoms with E-state index in [-0.39, 0.29) is 30.4 Å². The number of aryl methyl sites for hydroxylation is 1. The third kappa shape index (κ3) is 6.26. The summed E-state index contributed by atoms with van der Waals surface area (Å²) in [6.07, 6.45) is 8.01. The smallest absolute Gasteiger partial charge is 0.349 e. The van der Waals surface area contributed by atoms with Gasteiger partial charge < -0.3 is 14.4 Å². The highest BCUT2D eigenvalue weighted by Crippen LogP contribution is 2.38. The first-order valence-electron chi connectivity index (χ1n) is 14.7. The molecule has 1 unspecified atom stereocenters. The van der Waals surface area contributed by atoms with Gasteiger partial charge in [0.2, 0.25) is 0 Å². The molecule has 0 spiro atoms. The SMILES string of the molecule is C#CCCC1(CCCOC(=O)C(c2ccc(OC)cc2)N2C[C@H](C)N(c3nc(=O)n(C)c4ccc(C#N)nc34)C[C@H]2C)N=N1. The zero-order valence-electron chi connectivity index (χ0n) is 25.4. The van der Waals surface area contributed by atoms with Crippen LogP contribution in [-0.2, 0) is 16.6 Å². The summed E-state index contributed by atoms with van der Waals surface area (Å²) >= 11 is 0. The highest BCUT2D eigenvalue weighted by Gasteiger charge is 2.41. The molecule has 228 valence electrons. The second-order valence-electron chi connectivity index (χ2n) is 11.3. The van der Waals surface area contributed by atoms with Crippen LogP contribution in [0.2, 0.25) is 0 Å². The highest BCUT2D eigenvalue weighted by atomic mass is 16.5. The Labute approximate surface area is 256 Å². The molecule has 0 N–H and O–H groups in total. The number of piperazine rings is 1. The Bertz CT molecular complexity index is 1700. The minimum Gasteiger partial charge on any atom is -0.497 e. The van der Waals surface area contributed by atoms with E-state index in [0.29, 0.717) is 61.4 Å². The molecular formula is C32H36N8O4. The first-order valence-corrected chi connectivity index (χ1v) is 14.7. The molecule has 3 atom stereocenters. The number of hydrogen-bond acceptors (Lipinski definition) is 11. The fourth-order valence-electron chi connectivity index (χ4n) is 5.80. The van der Waals surface area contributed by atoms with Gasteiger partial charge in [-0.25, -0.2) is 14.6 Å². The molecule has 2 aliphatic rings. The van der Waals surface area contributed by atoms with Crippen molar-refractivity contribution in [3.05, 3.63) is 58.1 Å². The number of ether oxygens (including phenoxy) is 2. The molecule has 12 nitrogen and oxygen atoms in total. The third-order valence-electron chi connectivity index (χ3n) is 8.36. The normalized spacial score (nSPS) is 19.6. The van der Waals surface area contributed by atoms with Crippen molar-refractivity contribution >= 4 is 22.8 Å². The molecule has 5 rings (SSSR count). The van der Waals surface area contributed by atoms with Crippen molar-refractivity contribution < 1.29 is 14.3 Å². The molecule has 0 radical (unpaired) electrons. The molecule has 0 amide bonds. The average Bonchev–Trinajstić information content (AvgIpc) is 3.81. The van der Waals surface area contributed by atoms with E-state index in [2.05, 4.69) is 37.1 Å². The molecule has 3 aromatic rings. The summed E-state index contributed by atoms with van der Waals surface area (Å²) in [6, 6.07) is 11.9. The summed E-state index contributed by atoms with van der Waals surface area (Å²) in [7, 11) is 3.23. The molecule has 0 aliphatic carbocycles. The number of aromatic nitrogens is 3. The summed E-state index contributed by atoms with van der Waals surface area (Å²) in [4.78, 5) is 39.6. The Kier molecular flexibility index (Phi) is 8.93. The topological polar surface area (TPSA) is 138 Å². The number of hydrogen-bond donors (Lipinski definition) is 0. The van der Waals surface area contributed by atoms with Gasteiger partial charge in [-0.3, -0.25) is 9.47 Å². The zero-order chi connectivity index (χ0) is 31.4. The fourth-order valence-corrected chi connectivity index (χ4v) is 5.80. The lowest BCUT2D eigenvalue weighted by Gasteiger charge is -2.47. The number of carbonyl (C=O) groups excluding carboxylic acids is 1. The lowest BCUT2D eigenvalue weighted by molar-refractivity contribution is -0.152. The van der Waals surface area contributed by atoms with Crippen molar-refractivity contribution in [1.82, 2.24) is 19.4 Å². The first-order chi connectivity index (χ1) is 21.2. The zero-order valence-corrected chi connectivity index (χ0v) is 25.4. The van der Waals surface area contributed by atoms with Crippen molar-refractivity contribution in [3.8, 4) is 24.2 Å². The average molecular weight is 597 g/mol. The van der Waals surface area contributed by atoms with Crippen molar-refractivity contribution in [2.45, 2.75) is 63.3 Å². The second kappa shape index (κ2) is 12.8. The number of esters is 1. The van der Waals surface area contributed by atoms with Gasteiger partial charge in [0.1, 0.15) is 29.1 Å². The van der Waals surface area contributed by atoms with Crippen LogP contribution in [0.3, 0.4) is 0 Å². The lowest BCUT2D eigenvalue weighted by Crippen LogP contribution is -2.59. The number of methoxy groups -OCH3 is 1. The van der Waals surface area contributed by atoms with Crippen LogP contribution in [0, 0.1) is 23.7 Å². The monoisotopic (exact) mass is 596 g/mol. The van der Waals surface area contributed by atoms with Crippen LogP contribution < -0.4 is 15.3 Å². The van der Waals surface area contributed by atoms with Gasteiger partial charge in [0.25, 0.3) is 0 Å². The molecule has 1 saturated heterocycles. The van der Waals surface area contributed by atoms with Crippen LogP contribution in [-0.4, -0.2) is 70.0 Å². The summed E-state index contributed by atoms with van der Waals surface area (Å²) in [6.45, 7) is 5.25. The van der Waals surface area contributed by atoms with Crippen LogP contribution in [0.1, 0.15) is 56.8 Å². The quantitative estimate of drug-likeness (QED) is 0.184. The van der Waals surface area contributed by atoms with Gasteiger partial charge in [-0.1, -0.05) is 12.1 Å². The highest BCUT2D eigenvalue weighted by molar-refractivity contribution is 5.86. The number of pyridine rings is 1. The van der Waals surface area contributed by atoms with Crippen LogP contribution in [0.15, 0.2) is 51.4 Å². The van der Waals surface area contributed by atoms with Crippen molar-refractivity contribution in [2.24, 2.45) is 17.3 Å². The maximum atomic E-state index is 13.8. The van der Waals surface area contributed by atoms with Crippen molar-refractivity contribution in [2.75, 3.05) is 31.7 Å². The predicted octanol–water partition coefficient (Wildman–Crippen LogP) is 3.75. The van der Waals surface area contributed by atoms with Crippen LogP contribution in [0.25, 0.3) is 11.0 Å². The van der Waals surface area contributed by atoms with E-state index >= 15 is 0 Å². The number of anilines is 1. The molecule has 12 heteroatoms. The molecule has 0 saturated carbocycles. The molecule has 1 aromatic carbocycles. The van der Waals surface area contributed by atoms with E-state index in [1.807, 2.05) is 43.0 Å². The van der Waals surface area contributed by atoms with Crippen LogP contribution in [0.5, 0.6) is 5.75 Å². The number of benzene rings is 1. The van der Waals surface area contributed by atoms with E-state index in [1.165, 1.54) is 4.57 Å². The molecule has 4 heterocycles. The number of fused-ring (bicyclic) bond motifs is 1. The van der Waals surface area contributed by atoms with E-state index in [4.69, 9.17) is 15.9 Å². The molecule has 2 aromatic heterocycles. The largest absolute Gasteiger partial charge is 0.497 e. The van der Waals surface area contributed by atoms with Gasteiger partial charge in [-0.15, -0.1) is 12.3 Å². The molecule has 2 aliphatic heterocycles. The fraction of sp³-hybridized carbons (Fsp3) is 0.469. The summed E-state index contributed by atoms with van der Waals surface area (Å²) in [5.74, 6) is 3.40. The molecule has 44 heavy (non-hydrogen) atoms. The number of carbonyl (C=O) groups is 1. The molecular weight excluding hydrogens is 560 g/mol. The minimum absolute atomic E-state index is 0.137. The third-order valence-corrected chi connectivity index (χ3v) is 8.36. The molecule has 0 bridgehead atoms. The van der Waals surface area contributed by atoms with E-state index in [0.717, 1.165) is 5.56 Å². The number of nitrogens with zero attached hydrogens (tertiary/aromatic N) is 8. The van der Waals surface area contributed by atoms with Crippen molar-refractivity contribution in [1.29, 1.82) is 5.26 Å². The van der Waals surface area contributed by atoms with E-state index < -0.39 is 17.4 Å². The Morgan fingerprint density at radius 3 is 2.52 bits per heavy atom. The van der Waals surface area contributed by atoms with Gasteiger partial charge in [-0.05, 0) is 56.5 Å². The molecule has 1 fully saturated rings. The van der Waals surface area contributed by atoms with Crippen LogP contribution in [0.4, 0.5) is 5.82 Å².